The molecule has 0 heteroatoms. The van der Waals surface area contributed by atoms with Crippen LogP contribution in [0.5, 0.6) is 0 Å². The molecule has 0 fully saturated rings. The molecule has 0 atom stereocenters. The average Bonchev–Trinajstić information content (AvgIpc) is 2.60. The van der Waals surface area contributed by atoms with E-state index >= 15 is 0 Å². The first kappa shape index (κ1) is 18.7. The maximum Gasteiger partial charge on any atom is -0.00704 e. The fourth-order valence-electron chi connectivity index (χ4n) is 3.96. The SMILES string of the molecule is Cc1ccc2ccccc2c1-c1c(C(C)C)cc(C(C)C)cc1C(C)C. The Kier molecular flexibility index (Phi) is 5.23. The molecule has 0 nitrogen and oxygen atoms in total. The average molecular weight is 345 g/mol. The van der Waals surface area contributed by atoms with Gasteiger partial charge in [0.25, 0.3) is 0 Å². The van der Waals surface area contributed by atoms with E-state index in [1.54, 1.807) is 0 Å². The first-order valence-corrected chi connectivity index (χ1v) is 9.97. The van der Waals surface area contributed by atoms with Crippen LogP contribution in [-0.2, 0) is 0 Å². The summed E-state index contributed by atoms with van der Waals surface area (Å²) in [6.07, 6.45) is 0. The van der Waals surface area contributed by atoms with E-state index in [2.05, 4.69) is 97.0 Å². The summed E-state index contributed by atoms with van der Waals surface area (Å²) in [6.45, 7) is 16.2. The van der Waals surface area contributed by atoms with Crippen LogP contribution in [0.3, 0.4) is 0 Å². The normalized spacial score (nSPS) is 11.9. The Hall–Kier alpha value is -2.08. The van der Waals surface area contributed by atoms with Gasteiger partial charge in [0.15, 0.2) is 0 Å². The van der Waals surface area contributed by atoms with Crippen molar-refractivity contribution in [3.05, 3.63) is 70.8 Å². The van der Waals surface area contributed by atoms with Gasteiger partial charge >= 0.3 is 0 Å². The van der Waals surface area contributed by atoms with Gasteiger partial charge in [0.1, 0.15) is 0 Å². The van der Waals surface area contributed by atoms with Crippen molar-refractivity contribution in [2.24, 2.45) is 0 Å². The van der Waals surface area contributed by atoms with Crippen LogP contribution in [0, 0.1) is 6.92 Å². The van der Waals surface area contributed by atoms with E-state index in [1.165, 1.54) is 44.2 Å². The lowest BCUT2D eigenvalue weighted by molar-refractivity contribution is 0.807. The van der Waals surface area contributed by atoms with Gasteiger partial charge in [0.05, 0.1) is 0 Å². The predicted octanol–water partition coefficient (Wildman–Crippen LogP) is 8.19. The first-order valence-electron chi connectivity index (χ1n) is 9.97. The van der Waals surface area contributed by atoms with Crippen molar-refractivity contribution in [1.82, 2.24) is 0 Å². The molecule has 0 aliphatic heterocycles. The lowest BCUT2D eigenvalue weighted by Gasteiger charge is -2.25. The Balaban J connectivity index is 2.47. The Morgan fingerprint density at radius 1 is 0.615 bits per heavy atom. The molecular weight excluding hydrogens is 312 g/mol. The van der Waals surface area contributed by atoms with Crippen LogP contribution in [0.25, 0.3) is 21.9 Å². The maximum atomic E-state index is 2.46. The van der Waals surface area contributed by atoms with Gasteiger partial charge < -0.3 is 0 Å². The standard InChI is InChI=1S/C26H32/c1-16(2)21-14-23(17(3)4)26(24(15-21)18(5)6)25-19(7)12-13-20-10-8-9-11-22(20)25/h8-18H,1-7H3. The zero-order valence-electron chi connectivity index (χ0n) is 17.4. The molecule has 0 aliphatic carbocycles. The van der Waals surface area contributed by atoms with Crippen molar-refractivity contribution in [3.8, 4) is 11.1 Å². The molecule has 0 saturated heterocycles. The number of hydrogen-bond donors (Lipinski definition) is 0. The molecule has 0 aliphatic rings. The third kappa shape index (κ3) is 3.30. The van der Waals surface area contributed by atoms with E-state index in [9.17, 15) is 0 Å². The lowest BCUT2D eigenvalue weighted by Crippen LogP contribution is -2.04. The highest BCUT2D eigenvalue weighted by Crippen LogP contribution is 2.42. The van der Waals surface area contributed by atoms with Gasteiger partial charge in [0.2, 0.25) is 0 Å². The highest BCUT2D eigenvalue weighted by molar-refractivity contribution is 6.00. The second kappa shape index (κ2) is 7.27. The molecule has 136 valence electrons. The van der Waals surface area contributed by atoms with Crippen molar-refractivity contribution < 1.29 is 0 Å². The first-order chi connectivity index (χ1) is 12.3. The molecular formula is C26H32. The van der Waals surface area contributed by atoms with Crippen molar-refractivity contribution >= 4 is 10.8 Å². The molecule has 0 aromatic heterocycles. The molecule has 0 saturated carbocycles. The maximum absolute atomic E-state index is 2.46. The third-order valence-electron chi connectivity index (χ3n) is 5.52. The van der Waals surface area contributed by atoms with Crippen molar-refractivity contribution in [1.29, 1.82) is 0 Å². The second-order valence-electron chi connectivity index (χ2n) is 8.52. The zero-order valence-corrected chi connectivity index (χ0v) is 17.4. The monoisotopic (exact) mass is 344 g/mol. The largest absolute Gasteiger partial charge is 0.0616 e. The molecule has 0 spiro atoms. The Labute approximate surface area is 159 Å². The van der Waals surface area contributed by atoms with Gasteiger partial charge in [-0.05, 0) is 68.8 Å². The van der Waals surface area contributed by atoms with E-state index in [0.717, 1.165) is 0 Å². The minimum Gasteiger partial charge on any atom is -0.0616 e. The number of fused-ring (bicyclic) bond motifs is 1. The van der Waals surface area contributed by atoms with E-state index in [4.69, 9.17) is 0 Å². The fraction of sp³-hybridized carbons (Fsp3) is 0.385. The lowest BCUT2D eigenvalue weighted by atomic mass is 9.79. The molecule has 0 heterocycles. The van der Waals surface area contributed by atoms with Gasteiger partial charge in [0, 0.05) is 0 Å². The second-order valence-corrected chi connectivity index (χ2v) is 8.52. The van der Waals surface area contributed by atoms with Crippen LogP contribution in [0.15, 0.2) is 48.5 Å². The molecule has 0 bridgehead atoms. The molecule has 0 unspecified atom stereocenters. The summed E-state index contributed by atoms with van der Waals surface area (Å²) in [5.74, 6) is 1.55. The van der Waals surface area contributed by atoms with Crippen molar-refractivity contribution in [2.45, 2.75) is 66.2 Å². The van der Waals surface area contributed by atoms with Crippen LogP contribution in [0.4, 0.5) is 0 Å². The van der Waals surface area contributed by atoms with E-state index in [0.29, 0.717) is 17.8 Å². The number of benzene rings is 3. The molecule has 0 N–H and O–H groups in total. The highest BCUT2D eigenvalue weighted by atomic mass is 14.2. The Morgan fingerprint density at radius 2 is 1.19 bits per heavy atom. The number of hydrogen-bond acceptors (Lipinski definition) is 0. The zero-order chi connectivity index (χ0) is 19.0. The number of rotatable bonds is 4. The van der Waals surface area contributed by atoms with Gasteiger partial charge in [-0.15, -0.1) is 0 Å². The fourth-order valence-corrected chi connectivity index (χ4v) is 3.96. The molecule has 26 heavy (non-hydrogen) atoms. The topological polar surface area (TPSA) is 0 Å². The van der Waals surface area contributed by atoms with E-state index in [-0.39, 0.29) is 0 Å². The number of aryl methyl sites for hydroxylation is 1. The van der Waals surface area contributed by atoms with Crippen molar-refractivity contribution in [3.63, 3.8) is 0 Å². The van der Waals surface area contributed by atoms with Crippen LogP contribution in [0.1, 0.15) is 81.5 Å². The summed E-state index contributed by atoms with van der Waals surface area (Å²) < 4.78 is 0. The molecule has 0 radical (unpaired) electrons. The minimum absolute atomic E-state index is 0.500. The third-order valence-corrected chi connectivity index (χ3v) is 5.52. The summed E-state index contributed by atoms with van der Waals surface area (Å²) in [5, 5.41) is 2.69. The predicted molar refractivity (Wildman–Crippen MR) is 116 cm³/mol. The Morgan fingerprint density at radius 3 is 1.73 bits per heavy atom. The summed E-state index contributed by atoms with van der Waals surface area (Å²) in [7, 11) is 0. The van der Waals surface area contributed by atoms with Crippen LogP contribution in [0.2, 0.25) is 0 Å². The van der Waals surface area contributed by atoms with E-state index in [1.807, 2.05) is 0 Å². The Bertz CT molecular complexity index is 897. The van der Waals surface area contributed by atoms with Crippen LogP contribution >= 0.6 is 0 Å². The van der Waals surface area contributed by atoms with E-state index < -0.39 is 0 Å². The van der Waals surface area contributed by atoms with Gasteiger partial charge in [-0.25, -0.2) is 0 Å². The van der Waals surface area contributed by atoms with Crippen LogP contribution in [-0.4, -0.2) is 0 Å². The van der Waals surface area contributed by atoms with Crippen LogP contribution < -0.4 is 0 Å². The van der Waals surface area contributed by atoms with Gasteiger partial charge in [-0.3, -0.25) is 0 Å². The minimum atomic E-state index is 0.500. The van der Waals surface area contributed by atoms with Gasteiger partial charge in [-0.2, -0.15) is 0 Å². The van der Waals surface area contributed by atoms with Crippen molar-refractivity contribution in [2.75, 3.05) is 0 Å². The summed E-state index contributed by atoms with van der Waals surface area (Å²) in [4.78, 5) is 0. The molecule has 3 aromatic carbocycles. The highest BCUT2D eigenvalue weighted by Gasteiger charge is 2.21. The molecule has 3 rings (SSSR count). The summed E-state index contributed by atoms with van der Waals surface area (Å²) in [5.41, 5.74) is 8.68. The summed E-state index contributed by atoms with van der Waals surface area (Å²) >= 11 is 0. The quantitative estimate of drug-likeness (QED) is 0.447. The smallest absolute Gasteiger partial charge is 0.00704 e. The summed E-state index contributed by atoms with van der Waals surface area (Å²) in [6, 6.07) is 18.2. The molecule has 0 amide bonds. The van der Waals surface area contributed by atoms with Gasteiger partial charge in [-0.1, -0.05) is 90.1 Å². The molecule has 3 aromatic rings.